The van der Waals surface area contributed by atoms with Crippen LogP contribution < -0.4 is 4.72 Å². The van der Waals surface area contributed by atoms with Crippen molar-refractivity contribution in [3.8, 4) is 0 Å². The number of carboxylic acid groups (broad SMARTS) is 1. The lowest BCUT2D eigenvalue weighted by Crippen LogP contribution is -2.16. The summed E-state index contributed by atoms with van der Waals surface area (Å²) in [4.78, 5) is 14.5. The van der Waals surface area contributed by atoms with Gasteiger partial charge in [-0.25, -0.2) is 13.2 Å². The predicted octanol–water partition coefficient (Wildman–Crippen LogP) is 1.58. The van der Waals surface area contributed by atoms with Crippen LogP contribution in [0.4, 0.5) is 5.69 Å². The van der Waals surface area contributed by atoms with E-state index in [2.05, 4.69) is 9.71 Å². The standard InChI is InChI=1S/C12H10N2O4S/c15-12(16)10-5-1-2-6-11(10)19(17,18)14-9-4-3-7-13-8-9/h1-8,14H,(H,15,16). The van der Waals surface area contributed by atoms with E-state index in [9.17, 15) is 13.2 Å². The number of carboxylic acids is 1. The Morgan fingerprint density at radius 3 is 2.53 bits per heavy atom. The molecule has 1 aromatic heterocycles. The fourth-order valence-corrected chi connectivity index (χ4v) is 2.75. The van der Waals surface area contributed by atoms with Crippen LogP contribution in [0.25, 0.3) is 0 Å². The van der Waals surface area contributed by atoms with E-state index in [0.29, 0.717) is 0 Å². The Labute approximate surface area is 109 Å². The maximum absolute atomic E-state index is 12.1. The molecule has 19 heavy (non-hydrogen) atoms. The molecule has 0 bridgehead atoms. The normalized spacial score (nSPS) is 10.9. The highest BCUT2D eigenvalue weighted by molar-refractivity contribution is 7.92. The van der Waals surface area contributed by atoms with Gasteiger partial charge in [0, 0.05) is 6.20 Å². The molecule has 98 valence electrons. The minimum absolute atomic E-state index is 0.266. The van der Waals surface area contributed by atoms with E-state index >= 15 is 0 Å². The zero-order chi connectivity index (χ0) is 13.9. The molecule has 0 amide bonds. The molecule has 0 atom stereocenters. The van der Waals surface area contributed by atoms with E-state index in [0.717, 1.165) is 0 Å². The Morgan fingerprint density at radius 1 is 1.16 bits per heavy atom. The molecular formula is C12H10N2O4S. The first kappa shape index (κ1) is 13.0. The number of nitrogens with one attached hydrogen (secondary N) is 1. The second-order valence-electron chi connectivity index (χ2n) is 3.65. The van der Waals surface area contributed by atoms with Crippen molar-refractivity contribution in [1.82, 2.24) is 4.98 Å². The van der Waals surface area contributed by atoms with E-state index in [4.69, 9.17) is 5.11 Å². The molecule has 0 radical (unpaired) electrons. The van der Waals surface area contributed by atoms with Gasteiger partial charge in [-0.15, -0.1) is 0 Å². The highest BCUT2D eigenvalue weighted by Gasteiger charge is 2.21. The number of nitrogens with zero attached hydrogens (tertiary/aromatic N) is 1. The minimum Gasteiger partial charge on any atom is -0.478 e. The molecule has 2 N–H and O–H groups in total. The van der Waals surface area contributed by atoms with E-state index in [-0.39, 0.29) is 16.1 Å². The van der Waals surface area contributed by atoms with E-state index < -0.39 is 16.0 Å². The predicted molar refractivity (Wildman–Crippen MR) is 68.4 cm³/mol. The van der Waals surface area contributed by atoms with Gasteiger partial charge in [0.05, 0.1) is 17.4 Å². The van der Waals surface area contributed by atoms with Crippen molar-refractivity contribution in [2.75, 3.05) is 4.72 Å². The summed E-state index contributed by atoms with van der Waals surface area (Å²) in [5, 5.41) is 8.99. The van der Waals surface area contributed by atoms with Gasteiger partial charge in [0.15, 0.2) is 0 Å². The maximum Gasteiger partial charge on any atom is 0.337 e. The maximum atomic E-state index is 12.1. The van der Waals surface area contributed by atoms with Crippen molar-refractivity contribution in [2.45, 2.75) is 4.90 Å². The number of carbonyl (C=O) groups is 1. The second kappa shape index (κ2) is 5.07. The van der Waals surface area contributed by atoms with Gasteiger partial charge in [0.1, 0.15) is 4.90 Å². The first-order chi connectivity index (χ1) is 9.00. The third-order valence-corrected chi connectivity index (χ3v) is 3.76. The lowest BCUT2D eigenvalue weighted by atomic mass is 10.2. The van der Waals surface area contributed by atoms with Crippen molar-refractivity contribution < 1.29 is 18.3 Å². The summed E-state index contributed by atoms with van der Waals surface area (Å²) in [6, 6.07) is 8.49. The summed E-state index contributed by atoms with van der Waals surface area (Å²) < 4.78 is 26.5. The quantitative estimate of drug-likeness (QED) is 0.885. The molecule has 7 heteroatoms. The van der Waals surface area contributed by atoms with Gasteiger partial charge >= 0.3 is 5.97 Å². The van der Waals surface area contributed by atoms with Crippen molar-refractivity contribution in [3.05, 3.63) is 54.4 Å². The number of anilines is 1. The SMILES string of the molecule is O=C(O)c1ccccc1S(=O)(=O)Nc1cccnc1. The molecule has 0 saturated carbocycles. The largest absolute Gasteiger partial charge is 0.478 e. The topological polar surface area (TPSA) is 96.4 Å². The third kappa shape index (κ3) is 2.89. The summed E-state index contributed by atoms with van der Waals surface area (Å²) in [7, 11) is -3.96. The number of rotatable bonds is 4. The number of sulfonamides is 1. The van der Waals surface area contributed by atoms with Crippen molar-refractivity contribution in [2.24, 2.45) is 0 Å². The smallest absolute Gasteiger partial charge is 0.337 e. The lowest BCUT2D eigenvalue weighted by Gasteiger charge is -2.09. The van der Waals surface area contributed by atoms with Crippen LogP contribution in [0.3, 0.4) is 0 Å². The molecule has 1 aromatic carbocycles. The molecule has 0 spiro atoms. The van der Waals surface area contributed by atoms with Gasteiger partial charge in [-0.3, -0.25) is 9.71 Å². The molecule has 0 fully saturated rings. The Morgan fingerprint density at radius 2 is 1.89 bits per heavy atom. The molecule has 2 aromatic rings. The van der Waals surface area contributed by atoms with Crippen LogP contribution in [0, 0.1) is 0 Å². The lowest BCUT2D eigenvalue weighted by molar-refractivity contribution is 0.0692. The monoisotopic (exact) mass is 278 g/mol. The molecule has 0 aliphatic rings. The number of hydrogen-bond acceptors (Lipinski definition) is 4. The molecule has 0 aliphatic carbocycles. The van der Waals surface area contributed by atoms with Crippen LogP contribution >= 0.6 is 0 Å². The van der Waals surface area contributed by atoms with E-state index in [1.165, 1.54) is 42.7 Å². The first-order valence-corrected chi connectivity index (χ1v) is 6.74. The highest BCUT2D eigenvalue weighted by Crippen LogP contribution is 2.19. The summed E-state index contributed by atoms with van der Waals surface area (Å²) in [5.41, 5.74) is -0.0124. The molecule has 1 heterocycles. The molecular weight excluding hydrogens is 268 g/mol. The summed E-state index contributed by atoms with van der Waals surface area (Å²) in [6.45, 7) is 0. The van der Waals surface area contributed by atoms with Gasteiger partial charge in [-0.2, -0.15) is 0 Å². The average Bonchev–Trinajstić information content (AvgIpc) is 2.39. The third-order valence-electron chi connectivity index (χ3n) is 2.32. The number of aromatic nitrogens is 1. The first-order valence-electron chi connectivity index (χ1n) is 5.26. The van der Waals surface area contributed by atoms with Crippen molar-refractivity contribution in [1.29, 1.82) is 0 Å². The Bertz CT molecular complexity index is 699. The molecule has 0 aliphatic heterocycles. The fourth-order valence-electron chi connectivity index (χ4n) is 1.51. The van der Waals surface area contributed by atoms with Crippen LogP contribution in [-0.2, 0) is 10.0 Å². The molecule has 0 saturated heterocycles. The van der Waals surface area contributed by atoms with Gasteiger partial charge in [0.2, 0.25) is 0 Å². The van der Waals surface area contributed by atoms with Gasteiger partial charge in [-0.05, 0) is 24.3 Å². The van der Waals surface area contributed by atoms with Gasteiger partial charge in [0.25, 0.3) is 10.0 Å². The fraction of sp³-hybridized carbons (Fsp3) is 0. The Balaban J connectivity index is 2.43. The van der Waals surface area contributed by atoms with Crippen LogP contribution in [-0.4, -0.2) is 24.5 Å². The molecule has 2 rings (SSSR count). The summed E-state index contributed by atoms with van der Waals surface area (Å²) in [6.07, 6.45) is 2.84. The number of aromatic carboxylic acids is 1. The zero-order valence-corrected chi connectivity index (χ0v) is 10.5. The van der Waals surface area contributed by atoms with Crippen molar-refractivity contribution >= 4 is 21.7 Å². The Hall–Kier alpha value is -2.41. The average molecular weight is 278 g/mol. The van der Waals surface area contributed by atoms with Crippen LogP contribution in [0.2, 0.25) is 0 Å². The second-order valence-corrected chi connectivity index (χ2v) is 5.30. The summed E-state index contributed by atoms with van der Waals surface area (Å²) >= 11 is 0. The van der Waals surface area contributed by atoms with Gasteiger partial charge in [-0.1, -0.05) is 12.1 Å². The van der Waals surface area contributed by atoms with Gasteiger partial charge < -0.3 is 5.11 Å². The van der Waals surface area contributed by atoms with E-state index in [1.54, 1.807) is 6.07 Å². The zero-order valence-electron chi connectivity index (χ0n) is 9.65. The summed E-state index contributed by atoms with van der Waals surface area (Å²) in [5.74, 6) is -1.30. The van der Waals surface area contributed by atoms with Crippen LogP contribution in [0.15, 0.2) is 53.7 Å². The molecule has 0 unspecified atom stereocenters. The minimum atomic E-state index is -3.96. The highest BCUT2D eigenvalue weighted by atomic mass is 32.2. The van der Waals surface area contributed by atoms with Crippen LogP contribution in [0.5, 0.6) is 0 Å². The number of hydrogen-bond donors (Lipinski definition) is 2. The molecule has 6 nitrogen and oxygen atoms in total. The van der Waals surface area contributed by atoms with E-state index in [1.807, 2.05) is 0 Å². The van der Waals surface area contributed by atoms with Crippen molar-refractivity contribution in [3.63, 3.8) is 0 Å². The van der Waals surface area contributed by atoms with Crippen LogP contribution in [0.1, 0.15) is 10.4 Å². The number of pyridine rings is 1. The Kier molecular flexibility index (Phi) is 3.48. The number of benzene rings is 1.